The summed E-state index contributed by atoms with van der Waals surface area (Å²) in [6, 6.07) is 8.36. The van der Waals surface area contributed by atoms with Gasteiger partial charge in [-0.1, -0.05) is 11.2 Å². The first-order chi connectivity index (χ1) is 11.2. The van der Waals surface area contributed by atoms with Gasteiger partial charge in [0.25, 0.3) is 5.89 Å². The Morgan fingerprint density at radius 1 is 1.35 bits per heavy atom. The van der Waals surface area contributed by atoms with Crippen LogP contribution in [0.1, 0.15) is 17.6 Å². The number of rotatable bonds is 7. The first kappa shape index (κ1) is 15.6. The molecule has 7 heteroatoms. The van der Waals surface area contributed by atoms with Crippen molar-refractivity contribution in [3.05, 3.63) is 46.5 Å². The Balaban J connectivity index is 1.62. The third kappa shape index (κ3) is 4.14. The fraction of sp³-hybridized carbons (Fsp3) is 0.312. The fourth-order valence-corrected chi connectivity index (χ4v) is 3.03. The van der Waals surface area contributed by atoms with Crippen LogP contribution in [0.3, 0.4) is 0 Å². The number of methoxy groups -OCH3 is 1. The van der Waals surface area contributed by atoms with Gasteiger partial charge < -0.3 is 14.6 Å². The van der Waals surface area contributed by atoms with Crippen molar-refractivity contribution in [2.75, 3.05) is 12.4 Å². The third-order valence-electron chi connectivity index (χ3n) is 3.23. The number of nitrogens with zero attached hydrogens (tertiary/aromatic N) is 3. The zero-order valence-corrected chi connectivity index (χ0v) is 13.8. The summed E-state index contributed by atoms with van der Waals surface area (Å²) < 4.78 is 10.2. The molecule has 0 aliphatic heterocycles. The van der Waals surface area contributed by atoms with Crippen LogP contribution in [0.15, 0.2) is 40.4 Å². The highest BCUT2D eigenvalue weighted by molar-refractivity contribution is 7.09. The Labute approximate surface area is 138 Å². The molecule has 6 nitrogen and oxygen atoms in total. The van der Waals surface area contributed by atoms with Crippen molar-refractivity contribution in [2.45, 2.75) is 26.0 Å². The van der Waals surface area contributed by atoms with Crippen molar-refractivity contribution < 1.29 is 9.26 Å². The molecule has 3 aromatic rings. The van der Waals surface area contributed by atoms with Crippen LogP contribution in [-0.2, 0) is 17.8 Å². The summed E-state index contributed by atoms with van der Waals surface area (Å²) in [6.45, 7) is 2.47. The maximum Gasteiger partial charge on any atom is 0.259 e. The van der Waals surface area contributed by atoms with Crippen LogP contribution in [0.25, 0.3) is 11.5 Å². The number of aromatic nitrogens is 3. The minimum atomic E-state index is 0.309. The van der Waals surface area contributed by atoms with E-state index in [0.717, 1.165) is 17.8 Å². The molecule has 1 N–H and O–H groups in total. The van der Waals surface area contributed by atoms with E-state index in [1.165, 1.54) is 4.88 Å². The SMILES string of the molecule is COCc1noc(-c2ccc(N[C@@H](C)Cc3cccs3)nc2)n1. The molecule has 0 spiro atoms. The lowest BCUT2D eigenvalue weighted by molar-refractivity contribution is 0.174. The van der Waals surface area contributed by atoms with Crippen molar-refractivity contribution in [3.8, 4) is 11.5 Å². The van der Waals surface area contributed by atoms with Crippen LogP contribution in [0.5, 0.6) is 0 Å². The summed E-state index contributed by atoms with van der Waals surface area (Å²) in [5, 5.41) is 9.33. The maximum atomic E-state index is 5.19. The van der Waals surface area contributed by atoms with Crippen LogP contribution < -0.4 is 5.32 Å². The second-order valence-electron chi connectivity index (χ2n) is 5.21. The molecule has 0 saturated carbocycles. The van der Waals surface area contributed by atoms with Crippen molar-refractivity contribution in [1.29, 1.82) is 0 Å². The molecule has 0 fully saturated rings. The van der Waals surface area contributed by atoms with E-state index in [-0.39, 0.29) is 0 Å². The second kappa shape index (κ2) is 7.34. The van der Waals surface area contributed by atoms with E-state index in [4.69, 9.17) is 9.26 Å². The monoisotopic (exact) mass is 330 g/mol. The lowest BCUT2D eigenvalue weighted by Crippen LogP contribution is -2.18. The number of thiophene rings is 1. The molecule has 0 unspecified atom stereocenters. The van der Waals surface area contributed by atoms with Crippen LogP contribution >= 0.6 is 11.3 Å². The van der Waals surface area contributed by atoms with E-state index in [2.05, 4.69) is 44.9 Å². The topological polar surface area (TPSA) is 73.1 Å². The molecule has 0 radical (unpaired) electrons. The summed E-state index contributed by atoms with van der Waals surface area (Å²) in [7, 11) is 1.59. The van der Waals surface area contributed by atoms with E-state index in [0.29, 0.717) is 24.4 Å². The van der Waals surface area contributed by atoms with Gasteiger partial charge >= 0.3 is 0 Å². The number of ether oxygens (including phenoxy) is 1. The fourth-order valence-electron chi connectivity index (χ4n) is 2.20. The van der Waals surface area contributed by atoms with Gasteiger partial charge in [0.1, 0.15) is 12.4 Å². The summed E-state index contributed by atoms with van der Waals surface area (Å²) in [5.41, 5.74) is 0.788. The first-order valence-corrected chi connectivity index (χ1v) is 8.19. The quantitative estimate of drug-likeness (QED) is 0.716. The summed E-state index contributed by atoms with van der Waals surface area (Å²) >= 11 is 1.77. The van der Waals surface area contributed by atoms with Gasteiger partial charge in [-0.25, -0.2) is 4.98 Å². The Hall–Kier alpha value is -2.25. The number of anilines is 1. The van der Waals surface area contributed by atoms with Crippen LogP contribution in [0.2, 0.25) is 0 Å². The largest absolute Gasteiger partial charge is 0.377 e. The molecule has 0 bridgehead atoms. The van der Waals surface area contributed by atoms with Crippen molar-refractivity contribution >= 4 is 17.2 Å². The van der Waals surface area contributed by atoms with Gasteiger partial charge in [0.2, 0.25) is 0 Å². The standard InChI is InChI=1S/C16H18N4O2S/c1-11(8-13-4-3-7-23-13)18-14-6-5-12(9-17-14)16-19-15(10-21-2)20-22-16/h3-7,9,11H,8,10H2,1-2H3,(H,17,18)/t11-/m0/s1. The van der Waals surface area contributed by atoms with Gasteiger partial charge in [-0.3, -0.25) is 0 Å². The first-order valence-electron chi connectivity index (χ1n) is 7.31. The van der Waals surface area contributed by atoms with E-state index >= 15 is 0 Å². The molecule has 3 aromatic heterocycles. The number of nitrogens with one attached hydrogen (secondary N) is 1. The molecule has 0 aromatic carbocycles. The average Bonchev–Trinajstić information content (AvgIpc) is 3.20. The van der Waals surface area contributed by atoms with E-state index in [1.54, 1.807) is 24.6 Å². The van der Waals surface area contributed by atoms with Crippen molar-refractivity contribution in [2.24, 2.45) is 0 Å². The minimum Gasteiger partial charge on any atom is -0.377 e. The molecule has 120 valence electrons. The molecule has 0 aliphatic rings. The Bertz CT molecular complexity index is 725. The Kier molecular flexibility index (Phi) is 4.99. The number of hydrogen-bond donors (Lipinski definition) is 1. The summed E-state index contributed by atoms with van der Waals surface area (Å²) in [6.07, 6.45) is 2.70. The zero-order chi connectivity index (χ0) is 16.1. The smallest absolute Gasteiger partial charge is 0.259 e. The molecule has 3 heterocycles. The molecule has 23 heavy (non-hydrogen) atoms. The van der Waals surface area contributed by atoms with Gasteiger partial charge in [0.15, 0.2) is 5.82 Å². The predicted molar refractivity (Wildman–Crippen MR) is 89.3 cm³/mol. The minimum absolute atomic E-state index is 0.309. The lowest BCUT2D eigenvalue weighted by Gasteiger charge is -2.13. The summed E-state index contributed by atoms with van der Waals surface area (Å²) in [5.74, 6) is 1.80. The Morgan fingerprint density at radius 2 is 2.26 bits per heavy atom. The lowest BCUT2D eigenvalue weighted by atomic mass is 10.2. The van der Waals surface area contributed by atoms with E-state index in [9.17, 15) is 0 Å². The van der Waals surface area contributed by atoms with E-state index in [1.807, 2.05) is 12.1 Å². The van der Waals surface area contributed by atoms with Gasteiger partial charge in [-0.05, 0) is 30.5 Å². The highest BCUT2D eigenvalue weighted by atomic mass is 32.1. The highest BCUT2D eigenvalue weighted by Gasteiger charge is 2.10. The van der Waals surface area contributed by atoms with Crippen LogP contribution in [0, 0.1) is 0 Å². The van der Waals surface area contributed by atoms with Crippen LogP contribution in [0.4, 0.5) is 5.82 Å². The zero-order valence-electron chi connectivity index (χ0n) is 13.0. The van der Waals surface area contributed by atoms with Crippen LogP contribution in [-0.4, -0.2) is 28.3 Å². The van der Waals surface area contributed by atoms with Gasteiger partial charge in [-0.15, -0.1) is 11.3 Å². The third-order valence-corrected chi connectivity index (χ3v) is 4.13. The predicted octanol–water partition coefficient (Wildman–Crippen LogP) is 3.38. The molecule has 3 rings (SSSR count). The van der Waals surface area contributed by atoms with Crippen molar-refractivity contribution in [3.63, 3.8) is 0 Å². The second-order valence-corrected chi connectivity index (χ2v) is 6.24. The summed E-state index contributed by atoms with van der Waals surface area (Å²) in [4.78, 5) is 10.0. The van der Waals surface area contributed by atoms with Gasteiger partial charge in [0, 0.05) is 30.6 Å². The molecular formula is C16H18N4O2S. The van der Waals surface area contributed by atoms with E-state index < -0.39 is 0 Å². The molecular weight excluding hydrogens is 312 g/mol. The highest BCUT2D eigenvalue weighted by Crippen LogP contribution is 2.19. The maximum absolute atomic E-state index is 5.19. The Morgan fingerprint density at radius 3 is 2.96 bits per heavy atom. The normalized spacial score (nSPS) is 12.3. The molecule has 1 atom stereocenters. The molecule has 0 aliphatic carbocycles. The number of pyridine rings is 1. The average molecular weight is 330 g/mol. The molecule has 0 amide bonds. The molecule has 0 saturated heterocycles. The number of hydrogen-bond acceptors (Lipinski definition) is 7. The van der Waals surface area contributed by atoms with Gasteiger partial charge in [-0.2, -0.15) is 4.98 Å². The van der Waals surface area contributed by atoms with Crippen molar-refractivity contribution in [1.82, 2.24) is 15.1 Å². The van der Waals surface area contributed by atoms with Gasteiger partial charge in [0.05, 0.1) is 5.56 Å².